The smallest absolute Gasteiger partial charge is 0.410 e. The predicted molar refractivity (Wildman–Crippen MR) is 74.4 cm³/mol. The standard InChI is InChI=1S/C14H25N3O2/c1-14(2,3)19-13(18)17-6-5-12(10-17)9-16-8-7-15(4)11-16/h7-8,12H,5-6,9-11H2,1-4H3/t12-/m1/s1. The summed E-state index contributed by atoms with van der Waals surface area (Å²) in [6.45, 7) is 9.30. The first-order valence-corrected chi connectivity index (χ1v) is 6.94. The predicted octanol–water partition coefficient (Wildman–Crippen LogP) is 1.92. The van der Waals surface area contributed by atoms with Gasteiger partial charge in [0.15, 0.2) is 0 Å². The highest BCUT2D eigenvalue weighted by atomic mass is 16.6. The van der Waals surface area contributed by atoms with Crippen molar-refractivity contribution in [3.8, 4) is 0 Å². The molecule has 0 aromatic rings. The van der Waals surface area contributed by atoms with E-state index in [0.717, 1.165) is 32.7 Å². The van der Waals surface area contributed by atoms with Gasteiger partial charge in [0, 0.05) is 39.1 Å². The summed E-state index contributed by atoms with van der Waals surface area (Å²) in [6.07, 6.45) is 5.09. The number of nitrogens with zero attached hydrogens (tertiary/aromatic N) is 3. The number of hydrogen-bond donors (Lipinski definition) is 0. The van der Waals surface area contributed by atoms with Gasteiger partial charge < -0.3 is 19.4 Å². The van der Waals surface area contributed by atoms with Gasteiger partial charge in [-0.1, -0.05) is 0 Å². The van der Waals surface area contributed by atoms with Crippen molar-refractivity contribution >= 4 is 6.09 Å². The molecule has 0 aromatic carbocycles. The summed E-state index contributed by atoms with van der Waals surface area (Å²) in [4.78, 5) is 18.2. The van der Waals surface area contributed by atoms with Crippen LogP contribution in [0.25, 0.3) is 0 Å². The van der Waals surface area contributed by atoms with Gasteiger partial charge in [-0.2, -0.15) is 0 Å². The topological polar surface area (TPSA) is 36.0 Å². The number of amides is 1. The molecule has 0 unspecified atom stereocenters. The molecule has 0 aliphatic carbocycles. The van der Waals surface area contributed by atoms with Gasteiger partial charge in [0.1, 0.15) is 5.60 Å². The molecule has 0 aromatic heterocycles. The molecule has 0 spiro atoms. The fraction of sp³-hybridized carbons (Fsp3) is 0.786. The van der Waals surface area contributed by atoms with Crippen molar-refractivity contribution in [3.63, 3.8) is 0 Å². The molecule has 0 radical (unpaired) electrons. The first kappa shape index (κ1) is 14.0. The van der Waals surface area contributed by atoms with Gasteiger partial charge >= 0.3 is 6.09 Å². The van der Waals surface area contributed by atoms with E-state index in [1.54, 1.807) is 0 Å². The van der Waals surface area contributed by atoms with Gasteiger partial charge in [-0.3, -0.25) is 0 Å². The minimum Gasteiger partial charge on any atom is -0.444 e. The Bertz CT molecular complexity index is 362. The third-order valence-electron chi connectivity index (χ3n) is 3.37. The van der Waals surface area contributed by atoms with E-state index in [-0.39, 0.29) is 6.09 Å². The second-order valence-corrected chi connectivity index (χ2v) is 6.55. The SMILES string of the molecule is CN1C=CN(C[C@H]2CCN(C(=O)OC(C)(C)C)C2)C1. The summed E-state index contributed by atoms with van der Waals surface area (Å²) in [5.41, 5.74) is -0.407. The van der Waals surface area contributed by atoms with Crippen molar-refractivity contribution in [1.29, 1.82) is 0 Å². The summed E-state index contributed by atoms with van der Waals surface area (Å²) in [5, 5.41) is 0. The van der Waals surface area contributed by atoms with E-state index in [2.05, 4.69) is 29.2 Å². The molecular formula is C14H25N3O2. The van der Waals surface area contributed by atoms with E-state index in [1.165, 1.54) is 0 Å². The van der Waals surface area contributed by atoms with Crippen LogP contribution in [-0.4, -0.2) is 59.7 Å². The van der Waals surface area contributed by atoms with E-state index in [9.17, 15) is 4.79 Å². The van der Waals surface area contributed by atoms with Crippen LogP contribution in [0.1, 0.15) is 27.2 Å². The maximum atomic E-state index is 12.0. The van der Waals surface area contributed by atoms with Crippen LogP contribution in [0.4, 0.5) is 4.79 Å². The van der Waals surface area contributed by atoms with Gasteiger partial charge in [-0.05, 0) is 33.1 Å². The minimum absolute atomic E-state index is 0.177. The summed E-state index contributed by atoms with van der Waals surface area (Å²) in [5.74, 6) is 0.545. The second-order valence-electron chi connectivity index (χ2n) is 6.55. The minimum atomic E-state index is -0.407. The molecule has 1 saturated heterocycles. The summed E-state index contributed by atoms with van der Waals surface area (Å²) in [6, 6.07) is 0. The summed E-state index contributed by atoms with van der Waals surface area (Å²) < 4.78 is 5.41. The molecule has 1 atom stereocenters. The molecule has 1 fully saturated rings. The number of likely N-dealkylation sites (tertiary alicyclic amines) is 1. The average molecular weight is 267 g/mol. The molecule has 0 saturated carbocycles. The van der Waals surface area contributed by atoms with E-state index in [4.69, 9.17) is 4.74 Å². The largest absolute Gasteiger partial charge is 0.444 e. The normalized spacial score (nSPS) is 23.4. The van der Waals surface area contributed by atoms with Crippen LogP contribution in [-0.2, 0) is 4.74 Å². The van der Waals surface area contributed by atoms with E-state index < -0.39 is 5.60 Å². The summed E-state index contributed by atoms with van der Waals surface area (Å²) in [7, 11) is 2.07. The van der Waals surface area contributed by atoms with Crippen molar-refractivity contribution < 1.29 is 9.53 Å². The molecule has 108 valence electrons. The van der Waals surface area contributed by atoms with Gasteiger partial charge in [-0.25, -0.2) is 4.79 Å². The zero-order valence-electron chi connectivity index (χ0n) is 12.4. The first-order valence-electron chi connectivity index (χ1n) is 6.94. The number of rotatable bonds is 2. The Labute approximate surface area is 115 Å². The van der Waals surface area contributed by atoms with E-state index in [0.29, 0.717) is 5.92 Å². The molecule has 19 heavy (non-hydrogen) atoms. The second kappa shape index (κ2) is 5.31. The number of hydrogen-bond acceptors (Lipinski definition) is 4. The molecule has 2 heterocycles. The van der Waals surface area contributed by atoms with Crippen molar-refractivity contribution in [2.45, 2.75) is 32.8 Å². The molecular weight excluding hydrogens is 242 g/mol. The van der Waals surface area contributed by atoms with Crippen LogP contribution < -0.4 is 0 Å². The third kappa shape index (κ3) is 4.04. The van der Waals surface area contributed by atoms with Crippen LogP contribution in [0, 0.1) is 5.92 Å². The quantitative estimate of drug-likeness (QED) is 0.766. The van der Waals surface area contributed by atoms with Crippen molar-refractivity contribution in [3.05, 3.63) is 12.4 Å². The van der Waals surface area contributed by atoms with Crippen molar-refractivity contribution in [1.82, 2.24) is 14.7 Å². The zero-order chi connectivity index (χ0) is 14.0. The molecule has 5 nitrogen and oxygen atoms in total. The first-order chi connectivity index (χ1) is 8.83. The van der Waals surface area contributed by atoms with Crippen LogP contribution in [0.3, 0.4) is 0 Å². The number of carbonyl (C=O) groups is 1. The molecule has 2 rings (SSSR count). The highest BCUT2D eigenvalue weighted by molar-refractivity contribution is 5.68. The summed E-state index contributed by atoms with van der Waals surface area (Å²) >= 11 is 0. The zero-order valence-corrected chi connectivity index (χ0v) is 12.4. The Balaban J connectivity index is 1.77. The highest BCUT2D eigenvalue weighted by Gasteiger charge is 2.30. The van der Waals surface area contributed by atoms with Gasteiger partial charge in [0.25, 0.3) is 0 Å². The lowest BCUT2D eigenvalue weighted by molar-refractivity contribution is 0.0286. The van der Waals surface area contributed by atoms with Crippen molar-refractivity contribution in [2.75, 3.05) is 33.4 Å². The fourth-order valence-electron chi connectivity index (χ4n) is 2.51. The van der Waals surface area contributed by atoms with Crippen LogP contribution in [0.2, 0.25) is 0 Å². The lowest BCUT2D eigenvalue weighted by Gasteiger charge is -2.25. The molecule has 0 N–H and O–H groups in total. The monoisotopic (exact) mass is 267 g/mol. The maximum Gasteiger partial charge on any atom is 0.410 e. The van der Waals surface area contributed by atoms with Gasteiger partial charge in [0.05, 0.1) is 6.67 Å². The van der Waals surface area contributed by atoms with Crippen molar-refractivity contribution in [2.24, 2.45) is 5.92 Å². The van der Waals surface area contributed by atoms with E-state index in [1.807, 2.05) is 25.7 Å². The van der Waals surface area contributed by atoms with Crippen LogP contribution in [0.5, 0.6) is 0 Å². The van der Waals surface area contributed by atoms with Crippen LogP contribution >= 0.6 is 0 Å². The Morgan fingerprint density at radius 2 is 2.11 bits per heavy atom. The Morgan fingerprint density at radius 3 is 2.68 bits per heavy atom. The molecule has 2 aliphatic rings. The molecule has 5 heteroatoms. The fourth-order valence-corrected chi connectivity index (χ4v) is 2.51. The Morgan fingerprint density at radius 1 is 1.37 bits per heavy atom. The lowest BCUT2D eigenvalue weighted by atomic mass is 10.1. The maximum absolute atomic E-state index is 12.0. The number of ether oxygens (including phenoxy) is 1. The highest BCUT2D eigenvalue weighted by Crippen LogP contribution is 2.21. The third-order valence-corrected chi connectivity index (χ3v) is 3.37. The Kier molecular flexibility index (Phi) is 3.92. The molecule has 1 amide bonds. The Hall–Kier alpha value is -1.39. The van der Waals surface area contributed by atoms with Gasteiger partial charge in [-0.15, -0.1) is 0 Å². The number of carbonyl (C=O) groups excluding carboxylic acids is 1. The van der Waals surface area contributed by atoms with Crippen LogP contribution in [0.15, 0.2) is 12.4 Å². The molecule has 2 aliphatic heterocycles. The van der Waals surface area contributed by atoms with E-state index >= 15 is 0 Å². The average Bonchev–Trinajstić information content (AvgIpc) is 2.86. The lowest BCUT2D eigenvalue weighted by Crippen LogP contribution is -2.36. The van der Waals surface area contributed by atoms with Gasteiger partial charge in [0.2, 0.25) is 0 Å². The molecule has 0 bridgehead atoms.